The number of piperazine rings is 1. The van der Waals surface area contributed by atoms with Crippen molar-refractivity contribution >= 4 is 11.7 Å². The fraction of sp³-hybridized carbons (Fsp3) is 0.650. The van der Waals surface area contributed by atoms with E-state index in [4.69, 9.17) is 9.47 Å². The highest BCUT2D eigenvalue weighted by molar-refractivity contribution is 5.69. The van der Waals surface area contributed by atoms with Crippen molar-refractivity contribution in [2.24, 2.45) is 0 Å². The monoisotopic (exact) mass is 382 g/mol. The number of quaternary nitrogens is 1. The Bertz CT molecular complexity index is 556. The number of methoxy groups -OCH3 is 1. The average Bonchev–Trinajstić information content (AvgIpc) is 2.67. The second-order valence-corrected chi connectivity index (χ2v) is 7.16. The van der Waals surface area contributed by atoms with E-state index in [2.05, 4.69) is 17.0 Å². The van der Waals surface area contributed by atoms with E-state index in [-0.39, 0.29) is 24.5 Å². The van der Waals surface area contributed by atoms with Crippen LogP contribution in [0.25, 0.3) is 0 Å². The summed E-state index contributed by atoms with van der Waals surface area (Å²) in [7, 11) is 1.72. The second-order valence-electron chi connectivity index (χ2n) is 7.16. The topological polar surface area (TPSA) is 43.2 Å². The lowest BCUT2D eigenvalue weighted by Crippen LogP contribution is -3.15. The van der Waals surface area contributed by atoms with Crippen LogP contribution < -0.4 is 26.9 Å². The highest BCUT2D eigenvalue weighted by atomic mass is 35.5. The van der Waals surface area contributed by atoms with Gasteiger partial charge in [-0.3, -0.25) is 4.79 Å². The zero-order valence-corrected chi connectivity index (χ0v) is 16.5. The third-order valence-corrected chi connectivity index (χ3v) is 5.43. The molecule has 3 rings (SSSR count). The summed E-state index contributed by atoms with van der Waals surface area (Å²) in [4.78, 5) is 15.9. The number of ether oxygens (including phenoxy) is 2. The largest absolute Gasteiger partial charge is 1.00 e. The van der Waals surface area contributed by atoms with E-state index in [1.54, 1.807) is 7.11 Å². The van der Waals surface area contributed by atoms with Crippen molar-refractivity contribution in [3.63, 3.8) is 0 Å². The minimum Gasteiger partial charge on any atom is -1.00 e. The first kappa shape index (κ1) is 20.8. The molecular weight excluding hydrogens is 352 g/mol. The van der Waals surface area contributed by atoms with Crippen molar-refractivity contribution in [2.45, 2.75) is 44.6 Å². The molecule has 0 unspecified atom stereocenters. The Balaban J connectivity index is 0.00000243. The molecule has 1 aliphatic heterocycles. The van der Waals surface area contributed by atoms with E-state index in [9.17, 15) is 4.79 Å². The van der Waals surface area contributed by atoms with Crippen LogP contribution in [0, 0.1) is 0 Å². The van der Waals surface area contributed by atoms with Gasteiger partial charge in [-0.05, 0) is 37.8 Å². The Labute approximate surface area is 163 Å². The minimum absolute atomic E-state index is 0. The van der Waals surface area contributed by atoms with Gasteiger partial charge in [0, 0.05) is 0 Å². The number of halogens is 1. The van der Waals surface area contributed by atoms with Gasteiger partial charge in [0.25, 0.3) is 0 Å². The number of carbonyl (C=O) groups is 1. The van der Waals surface area contributed by atoms with Gasteiger partial charge in [0.05, 0.1) is 51.9 Å². The molecule has 1 saturated carbocycles. The number of nitrogens with one attached hydrogen (secondary N) is 1. The van der Waals surface area contributed by atoms with Gasteiger partial charge in [-0.1, -0.05) is 18.6 Å². The number of nitrogens with zero attached hydrogens (tertiary/aromatic N) is 1. The third kappa shape index (κ3) is 5.78. The van der Waals surface area contributed by atoms with Crippen LogP contribution in [0.2, 0.25) is 0 Å². The van der Waals surface area contributed by atoms with Crippen molar-refractivity contribution in [3.8, 4) is 5.75 Å². The molecule has 2 fully saturated rings. The van der Waals surface area contributed by atoms with Crippen molar-refractivity contribution < 1.29 is 31.6 Å². The van der Waals surface area contributed by atoms with Crippen LogP contribution in [-0.2, 0) is 9.53 Å². The molecule has 0 radical (unpaired) electrons. The molecule has 26 heavy (non-hydrogen) atoms. The summed E-state index contributed by atoms with van der Waals surface area (Å²) in [5.74, 6) is 0.925. The maximum atomic E-state index is 12.1. The lowest BCUT2D eigenvalue weighted by atomic mass is 9.98. The normalized spacial score (nSPS) is 18.9. The van der Waals surface area contributed by atoms with E-state index in [1.807, 2.05) is 12.1 Å². The maximum Gasteiger partial charge on any atom is 0.311 e. The summed E-state index contributed by atoms with van der Waals surface area (Å²) in [6.45, 7) is 4.97. The zero-order chi connectivity index (χ0) is 17.5. The first-order chi connectivity index (χ1) is 12.3. The lowest BCUT2D eigenvalue weighted by molar-refractivity contribution is -0.900. The van der Waals surface area contributed by atoms with Crippen LogP contribution in [0.5, 0.6) is 5.75 Å². The third-order valence-electron chi connectivity index (χ3n) is 5.43. The maximum absolute atomic E-state index is 12.1. The van der Waals surface area contributed by atoms with Gasteiger partial charge in [0.2, 0.25) is 0 Å². The molecule has 0 bridgehead atoms. The van der Waals surface area contributed by atoms with Crippen LogP contribution in [0.15, 0.2) is 24.3 Å². The number of anilines is 1. The molecule has 0 aromatic heterocycles. The molecule has 0 spiro atoms. The van der Waals surface area contributed by atoms with Gasteiger partial charge >= 0.3 is 5.97 Å². The van der Waals surface area contributed by atoms with E-state index >= 15 is 0 Å². The van der Waals surface area contributed by atoms with Crippen LogP contribution >= 0.6 is 0 Å². The number of hydrogen-bond acceptors (Lipinski definition) is 4. The standard InChI is InChI=1S/C20H30N2O3.ClH/c1-24-19-10-6-5-9-18(19)22-15-13-21(14-16-22)12-11-20(23)25-17-7-3-2-4-8-17;/h5-6,9-10,17H,2-4,7-8,11-16H2,1H3;1H. The number of benzene rings is 1. The fourth-order valence-corrected chi connectivity index (χ4v) is 3.91. The lowest BCUT2D eigenvalue weighted by Gasteiger charge is -2.34. The van der Waals surface area contributed by atoms with Crippen molar-refractivity contribution in [1.82, 2.24) is 0 Å². The molecule has 0 amide bonds. The summed E-state index contributed by atoms with van der Waals surface area (Å²) < 4.78 is 11.1. The smallest absolute Gasteiger partial charge is 0.311 e. The van der Waals surface area contributed by atoms with E-state index < -0.39 is 0 Å². The van der Waals surface area contributed by atoms with Crippen LogP contribution in [0.4, 0.5) is 5.69 Å². The van der Waals surface area contributed by atoms with Crippen LogP contribution in [0.1, 0.15) is 38.5 Å². The summed E-state index contributed by atoms with van der Waals surface area (Å²) in [5.41, 5.74) is 1.17. The average molecular weight is 383 g/mol. The summed E-state index contributed by atoms with van der Waals surface area (Å²) in [6, 6.07) is 8.18. The van der Waals surface area contributed by atoms with E-state index in [0.717, 1.165) is 51.3 Å². The fourth-order valence-electron chi connectivity index (χ4n) is 3.91. The molecule has 1 aliphatic carbocycles. The molecule has 6 heteroatoms. The van der Waals surface area contributed by atoms with Crippen molar-refractivity contribution in [2.75, 3.05) is 44.7 Å². The first-order valence-electron chi connectivity index (χ1n) is 9.67. The minimum atomic E-state index is -0.00782. The molecule has 1 N–H and O–H groups in total. The quantitative estimate of drug-likeness (QED) is 0.619. The molecule has 5 nitrogen and oxygen atoms in total. The molecule has 0 atom stereocenters. The Hall–Kier alpha value is -1.46. The predicted molar refractivity (Wildman–Crippen MR) is 98.4 cm³/mol. The summed E-state index contributed by atoms with van der Waals surface area (Å²) in [6.07, 6.45) is 6.52. The zero-order valence-electron chi connectivity index (χ0n) is 15.7. The number of carbonyl (C=O) groups excluding carboxylic acids is 1. The summed E-state index contributed by atoms with van der Waals surface area (Å²) >= 11 is 0. The van der Waals surface area contributed by atoms with Gasteiger partial charge in [-0.2, -0.15) is 0 Å². The van der Waals surface area contributed by atoms with Crippen LogP contribution in [0.3, 0.4) is 0 Å². The molecule has 1 aromatic rings. The Kier molecular flexibility index (Phi) is 8.52. The predicted octanol–water partition coefficient (Wildman–Crippen LogP) is -1.33. The molecule has 2 aliphatic rings. The second kappa shape index (κ2) is 10.6. The Morgan fingerprint density at radius 3 is 2.54 bits per heavy atom. The summed E-state index contributed by atoms with van der Waals surface area (Å²) in [5, 5.41) is 0. The van der Waals surface area contributed by atoms with Gasteiger partial charge in [-0.25, -0.2) is 0 Å². The first-order valence-corrected chi connectivity index (χ1v) is 9.67. The van der Waals surface area contributed by atoms with Gasteiger partial charge in [0.15, 0.2) is 0 Å². The highest BCUT2D eigenvalue weighted by Crippen LogP contribution is 2.27. The number of esters is 1. The molecule has 146 valence electrons. The van der Waals surface area contributed by atoms with Gasteiger partial charge in [-0.15, -0.1) is 0 Å². The molecular formula is C20H31ClN2O3. The molecule has 1 aromatic carbocycles. The molecule has 1 heterocycles. The number of hydrogen-bond donors (Lipinski definition) is 1. The van der Waals surface area contributed by atoms with Gasteiger partial charge < -0.3 is 31.7 Å². The SMILES string of the molecule is COc1ccccc1N1CC[NH+](CCC(=O)OC2CCCCC2)CC1.[Cl-]. The van der Waals surface area contributed by atoms with E-state index in [1.165, 1.54) is 29.8 Å². The van der Waals surface area contributed by atoms with Crippen molar-refractivity contribution in [1.29, 1.82) is 0 Å². The Morgan fingerprint density at radius 2 is 1.85 bits per heavy atom. The number of rotatable bonds is 6. The van der Waals surface area contributed by atoms with Gasteiger partial charge in [0.1, 0.15) is 11.9 Å². The van der Waals surface area contributed by atoms with Crippen LogP contribution in [-0.4, -0.2) is 51.9 Å². The number of para-hydroxylation sites is 2. The highest BCUT2D eigenvalue weighted by Gasteiger charge is 2.24. The Morgan fingerprint density at radius 1 is 1.15 bits per heavy atom. The van der Waals surface area contributed by atoms with Crippen molar-refractivity contribution in [3.05, 3.63) is 24.3 Å². The molecule has 1 saturated heterocycles. The van der Waals surface area contributed by atoms with E-state index in [0.29, 0.717) is 6.42 Å².